The third-order valence-electron chi connectivity index (χ3n) is 2.79. The largest absolute Gasteiger partial charge is 0.353 e. The van der Waals surface area contributed by atoms with Crippen LogP contribution in [0.25, 0.3) is 0 Å². The number of piperidine rings is 1. The first-order valence-electron chi connectivity index (χ1n) is 5.28. The lowest BCUT2D eigenvalue weighted by Gasteiger charge is -2.26. The molecule has 1 aliphatic heterocycles. The van der Waals surface area contributed by atoms with Crippen molar-refractivity contribution in [3.63, 3.8) is 0 Å². The van der Waals surface area contributed by atoms with E-state index in [0.29, 0.717) is 0 Å². The summed E-state index contributed by atoms with van der Waals surface area (Å²) in [5.74, 6) is 0. The molecule has 0 saturated carbocycles. The summed E-state index contributed by atoms with van der Waals surface area (Å²) >= 11 is 0. The molecule has 0 spiro atoms. The topological polar surface area (TPSA) is 8.17 Å². The van der Waals surface area contributed by atoms with Crippen molar-refractivity contribution >= 4 is 0 Å². The molecule has 0 aliphatic carbocycles. The van der Waals surface area contributed by atoms with E-state index < -0.39 is 0 Å². The second-order valence-corrected chi connectivity index (χ2v) is 3.82. The molecule has 2 heteroatoms. The van der Waals surface area contributed by atoms with Crippen molar-refractivity contribution in [3.05, 3.63) is 24.5 Å². The van der Waals surface area contributed by atoms with E-state index in [1.807, 2.05) is 0 Å². The third-order valence-corrected chi connectivity index (χ3v) is 2.79. The first-order valence-corrected chi connectivity index (χ1v) is 5.28. The van der Waals surface area contributed by atoms with Crippen molar-refractivity contribution in [2.45, 2.75) is 25.8 Å². The van der Waals surface area contributed by atoms with Gasteiger partial charge in [-0.1, -0.05) is 6.42 Å². The second kappa shape index (κ2) is 4.47. The van der Waals surface area contributed by atoms with Gasteiger partial charge in [-0.2, -0.15) is 0 Å². The van der Waals surface area contributed by atoms with Crippen LogP contribution in [0.2, 0.25) is 0 Å². The normalized spacial score (nSPS) is 19.1. The molecule has 0 atom stereocenters. The van der Waals surface area contributed by atoms with Crippen LogP contribution in [0.15, 0.2) is 24.5 Å². The van der Waals surface area contributed by atoms with Crippen LogP contribution >= 0.6 is 0 Å². The summed E-state index contributed by atoms with van der Waals surface area (Å²) in [4.78, 5) is 2.57. The van der Waals surface area contributed by atoms with E-state index >= 15 is 0 Å². The van der Waals surface area contributed by atoms with Gasteiger partial charge < -0.3 is 9.47 Å². The highest BCUT2D eigenvalue weighted by molar-refractivity contribution is 4.90. The molecule has 13 heavy (non-hydrogen) atoms. The number of hydrogen-bond acceptors (Lipinski definition) is 1. The standard InChI is InChI=1S/C11H18N2/c1-2-6-12(7-3-1)10-11-13-8-4-5-9-13/h4-5,8-9H,1-3,6-7,10-11H2. The molecule has 1 aromatic rings. The molecule has 2 heterocycles. The van der Waals surface area contributed by atoms with Crippen LogP contribution in [0.1, 0.15) is 19.3 Å². The smallest absolute Gasteiger partial charge is 0.0347 e. The van der Waals surface area contributed by atoms with Crippen LogP contribution in [-0.2, 0) is 6.54 Å². The Bertz CT molecular complexity index is 222. The Morgan fingerprint density at radius 3 is 2.23 bits per heavy atom. The van der Waals surface area contributed by atoms with Gasteiger partial charge in [0.15, 0.2) is 0 Å². The number of aromatic nitrogens is 1. The fourth-order valence-corrected chi connectivity index (χ4v) is 1.96. The van der Waals surface area contributed by atoms with Crippen LogP contribution in [0.4, 0.5) is 0 Å². The summed E-state index contributed by atoms with van der Waals surface area (Å²) in [5, 5.41) is 0. The van der Waals surface area contributed by atoms with E-state index in [2.05, 4.69) is 34.0 Å². The van der Waals surface area contributed by atoms with Gasteiger partial charge >= 0.3 is 0 Å². The second-order valence-electron chi connectivity index (χ2n) is 3.82. The van der Waals surface area contributed by atoms with Crippen LogP contribution in [-0.4, -0.2) is 29.1 Å². The maximum absolute atomic E-state index is 2.57. The SMILES string of the molecule is c1ccn(CCN2CCCCC2)c1. The van der Waals surface area contributed by atoms with Crippen molar-refractivity contribution in [1.29, 1.82) is 0 Å². The molecule has 0 aromatic carbocycles. The number of hydrogen-bond donors (Lipinski definition) is 0. The van der Waals surface area contributed by atoms with Gasteiger partial charge in [0, 0.05) is 25.5 Å². The predicted molar refractivity (Wildman–Crippen MR) is 54.7 cm³/mol. The van der Waals surface area contributed by atoms with Gasteiger partial charge in [-0.25, -0.2) is 0 Å². The third kappa shape index (κ3) is 2.59. The molecule has 0 radical (unpaired) electrons. The molecule has 72 valence electrons. The molecule has 1 saturated heterocycles. The van der Waals surface area contributed by atoms with Crippen LogP contribution < -0.4 is 0 Å². The lowest BCUT2D eigenvalue weighted by atomic mass is 10.1. The van der Waals surface area contributed by atoms with Crippen molar-refractivity contribution in [3.8, 4) is 0 Å². The Labute approximate surface area is 80.2 Å². The Morgan fingerprint density at radius 2 is 1.54 bits per heavy atom. The van der Waals surface area contributed by atoms with Gasteiger partial charge in [0.1, 0.15) is 0 Å². The zero-order valence-electron chi connectivity index (χ0n) is 8.15. The molecule has 1 fully saturated rings. The lowest BCUT2D eigenvalue weighted by Crippen LogP contribution is -2.32. The number of rotatable bonds is 3. The van der Waals surface area contributed by atoms with Crippen LogP contribution in [0.5, 0.6) is 0 Å². The Hall–Kier alpha value is -0.760. The fraction of sp³-hybridized carbons (Fsp3) is 0.636. The molecule has 2 nitrogen and oxygen atoms in total. The Kier molecular flexibility index (Phi) is 3.03. The average Bonchev–Trinajstić information content (AvgIpc) is 2.69. The summed E-state index contributed by atoms with van der Waals surface area (Å²) in [6, 6.07) is 4.19. The molecular weight excluding hydrogens is 160 g/mol. The van der Waals surface area contributed by atoms with E-state index in [0.717, 1.165) is 6.54 Å². The molecule has 1 aromatic heterocycles. The monoisotopic (exact) mass is 178 g/mol. The van der Waals surface area contributed by atoms with E-state index in [4.69, 9.17) is 0 Å². The quantitative estimate of drug-likeness (QED) is 0.687. The first-order chi connectivity index (χ1) is 6.45. The van der Waals surface area contributed by atoms with Gasteiger partial charge in [0.2, 0.25) is 0 Å². The molecular formula is C11H18N2. The molecule has 0 N–H and O–H groups in total. The fourth-order valence-electron chi connectivity index (χ4n) is 1.96. The zero-order valence-corrected chi connectivity index (χ0v) is 8.15. The van der Waals surface area contributed by atoms with Crippen molar-refractivity contribution < 1.29 is 0 Å². The molecule has 0 bridgehead atoms. The average molecular weight is 178 g/mol. The summed E-state index contributed by atoms with van der Waals surface area (Å²) < 4.78 is 2.26. The predicted octanol–water partition coefficient (Wildman–Crippen LogP) is 1.97. The highest BCUT2D eigenvalue weighted by atomic mass is 15.1. The van der Waals surface area contributed by atoms with Gasteiger partial charge in [-0.3, -0.25) is 0 Å². The zero-order chi connectivity index (χ0) is 8.93. The minimum absolute atomic E-state index is 1.15. The number of nitrogens with zero attached hydrogens (tertiary/aromatic N) is 2. The maximum Gasteiger partial charge on any atom is 0.0347 e. The minimum Gasteiger partial charge on any atom is -0.353 e. The Balaban J connectivity index is 1.72. The van der Waals surface area contributed by atoms with Crippen molar-refractivity contribution in [2.24, 2.45) is 0 Å². The molecule has 1 aliphatic rings. The van der Waals surface area contributed by atoms with Gasteiger partial charge in [-0.15, -0.1) is 0 Å². The first kappa shape index (κ1) is 8.82. The Morgan fingerprint density at radius 1 is 0.846 bits per heavy atom. The highest BCUT2D eigenvalue weighted by Crippen LogP contribution is 2.08. The maximum atomic E-state index is 2.57. The van der Waals surface area contributed by atoms with Crippen LogP contribution in [0, 0.1) is 0 Å². The van der Waals surface area contributed by atoms with Gasteiger partial charge in [-0.05, 0) is 38.1 Å². The number of likely N-dealkylation sites (tertiary alicyclic amines) is 1. The summed E-state index contributed by atoms with van der Waals surface area (Å²) in [6.45, 7) is 4.98. The van der Waals surface area contributed by atoms with Crippen LogP contribution in [0.3, 0.4) is 0 Å². The minimum atomic E-state index is 1.15. The highest BCUT2D eigenvalue weighted by Gasteiger charge is 2.08. The lowest BCUT2D eigenvalue weighted by molar-refractivity contribution is 0.221. The van der Waals surface area contributed by atoms with E-state index in [1.54, 1.807) is 0 Å². The molecule has 2 rings (SSSR count). The summed E-state index contributed by atoms with van der Waals surface area (Å²) in [7, 11) is 0. The van der Waals surface area contributed by atoms with Crippen molar-refractivity contribution in [1.82, 2.24) is 9.47 Å². The van der Waals surface area contributed by atoms with Gasteiger partial charge in [0.25, 0.3) is 0 Å². The van der Waals surface area contributed by atoms with Gasteiger partial charge in [0.05, 0.1) is 0 Å². The van der Waals surface area contributed by atoms with E-state index in [9.17, 15) is 0 Å². The van der Waals surface area contributed by atoms with E-state index in [1.165, 1.54) is 38.9 Å². The van der Waals surface area contributed by atoms with E-state index in [-0.39, 0.29) is 0 Å². The summed E-state index contributed by atoms with van der Waals surface area (Å²) in [5.41, 5.74) is 0. The molecule has 0 unspecified atom stereocenters. The summed E-state index contributed by atoms with van der Waals surface area (Å²) in [6.07, 6.45) is 8.51. The van der Waals surface area contributed by atoms with Crippen molar-refractivity contribution in [2.75, 3.05) is 19.6 Å². The molecule has 0 amide bonds.